The van der Waals surface area contributed by atoms with Crippen molar-refractivity contribution in [3.8, 4) is 0 Å². The van der Waals surface area contributed by atoms with Crippen molar-refractivity contribution in [1.29, 1.82) is 0 Å². The van der Waals surface area contributed by atoms with E-state index in [4.69, 9.17) is 61.2 Å². The maximum atomic E-state index is 8.52. The van der Waals surface area contributed by atoms with E-state index in [9.17, 15) is 0 Å². The minimum atomic E-state index is -5.17. The first kappa shape index (κ1) is 109. The van der Waals surface area contributed by atoms with Crippen LogP contribution in [0.5, 0.6) is 0 Å². The van der Waals surface area contributed by atoms with Crippen LogP contribution in [0.25, 0.3) is 0 Å². The second-order valence-electron chi connectivity index (χ2n) is 0.714. The summed E-state index contributed by atoms with van der Waals surface area (Å²) in [5, 5.41) is 0. The van der Waals surface area contributed by atoms with Gasteiger partial charge in [-0.05, 0) is 0 Å². The van der Waals surface area contributed by atoms with E-state index in [1.165, 1.54) is 0 Å². The molecule has 0 heterocycles. The molecule has 0 saturated carbocycles. The third kappa shape index (κ3) is 491. The zero-order chi connectivity index (χ0) is 16.8. The summed E-state index contributed by atoms with van der Waals surface area (Å²) in [7, 11) is 9.67. The smallest absolute Gasteiger partial charge is 0.759 e. The molecule has 0 aromatic heterocycles. The SMILES string of the molecule is ClOCl.O=S(=O)([O-])[O-].OBr.OCl.OCl.[Al+3].[Al+3].[Al+3].[Al+3].[Al+3].[Al+3].[Al+3].[Cl][Al]([Cl])[Cl].[Zr+4].[Zr+4].[Zr+4]. The topological polar surface area (TPSA) is 150 Å². The van der Waals surface area contributed by atoms with E-state index in [1.807, 2.05) is 16.3 Å². The fourth-order valence-electron chi connectivity index (χ4n) is 0. The van der Waals surface area contributed by atoms with Crippen LogP contribution < -0.4 is 0 Å². The maximum absolute atomic E-state index is 8.52. The number of hydrogen-bond acceptors (Lipinski definition) is 8. The second-order valence-corrected chi connectivity index (χ2v) is 8.43. The van der Waals surface area contributed by atoms with E-state index >= 15 is 0 Å². The average Bonchev–Trinajstić information content (AvgIpc) is 2.24. The van der Waals surface area contributed by atoms with Gasteiger partial charge < -0.3 is 13.3 Å². The third-order valence-electron chi connectivity index (χ3n) is 0. The number of halogens is 8. The van der Waals surface area contributed by atoms with Crippen LogP contribution in [-0.2, 0) is 92.9 Å². The van der Waals surface area contributed by atoms with Crippen molar-refractivity contribution in [2.24, 2.45) is 0 Å². The van der Waals surface area contributed by atoms with Crippen molar-refractivity contribution in [2.45, 2.75) is 0 Å². The molecule has 0 amide bonds. The molecule has 28 heavy (non-hydrogen) atoms. The molecule has 0 bridgehead atoms. The Hall–Kier alpha value is 9.13. The van der Waals surface area contributed by atoms with Crippen molar-refractivity contribution in [2.75, 3.05) is 0 Å². The first-order chi connectivity index (χ1) is 8.15. The van der Waals surface area contributed by atoms with Gasteiger partial charge in [-0.1, -0.05) is 0 Å². The van der Waals surface area contributed by atoms with Crippen molar-refractivity contribution in [3.05, 3.63) is 0 Å². The summed E-state index contributed by atoms with van der Waals surface area (Å²) < 4.78 is 57.0. The van der Waals surface area contributed by atoms with Gasteiger partial charge in [0.1, 0.15) is 0 Å². The monoisotopic (exact) mass is 972 g/mol. The molecule has 0 rings (SSSR count). The molecule has 0 spiro atoms. The molecule has 0 aliphatic rings. The molecule has 3 N–H and O–H groups in total. The van der Waals surface area contributed by atoms with Gasteiger partial charge in [-0.15, -0.1) is 0 Å². The van der Waals surface area contributed by atoms with Gasteiger partial charge in [0.25, 0.3) is 0 Å². The Balaban J connectivity index is -0.00000000424. The zero-order valence-corrected chi connectivity index (χ0v) is 37.2. The van der Waals surface area contributed by atoms with Gasteiger partial charge in [0, 0.05) is 10.4 Å². The molecule has 0 aliphatic heterocycles. The normalized spacial score (nSPS) is 4.32. The first-order valence-corrected chi connectivity index (χ1v) is 10.7. The standard InChI is InChI=1S/8Al.BrHO.Cl2O.2ClHO.3ClH.H2O4S.3Zr/c;;;;;;;;1-2;1-3-2;2*1-2;;;;1-5(2,3)4;;;/h;;;;;;;;2H;;2*2H;3*1H;(H2,1,2,3,4);;;/q8*+3;;;;;;;;;3*+4/p-5. The summed E-state index contributed by atoms with van der Waals surface area (Å²) >= 11 is 16.0. The summed E-state index contributed by atoms with van der Waals surface area (Å²) in [6.45, 7) is 0. The van der Waals surface area contributed by atoms with Gasteiger partial charge in [0.2, 0.25) is 0 Å². The van der Waals surface area contributed by atoms with Crippen molar-refractivity contribution in [1.82, 2.24) is 0 Å². The van der Waals surface area contributed by atoms with Crippen LogP contribution in [0.15, 0.2) is 0 Å². The van der Waals surface area contributed by atoms with Gasteiger partial charge in [0.15, 0.2) is 0 Å². The maximum Gasteiger partial charge on any atom is 4.00 e. The van der Waals surface area contributed by atoms with Gasteiger partial charge in [-0.2, -0.15) is 3.84 Å². The van der Waals surface area contributed by atoms with E-state index in [0.29, 0.717) is 0 Å². The van der Waals surface area contributed by atoms with Crippen molar-refractivity contribution >= 4 is 237 Å². The quantitative estimate of drug-likeness (QED) is 0.168. The van der Waals surface area contributed by atoms with Gasteiger partial charge in [0.05, 0.1) is 63.7 Å². The molecule has 28 heteroatoms. The number of rotatable bonds is 0. The Morgan fingerprint density at radius 3 is 0.679 bits per heavy atom. The van der Waals surface area contributed by atoms with Crippen molar-refractivity contribution in [3.63, 3.8) is 0 Å². The van der Waals surface area contributed by atoms with Crippen molar-refractivity contribution < 1.29 is 113 Å². The predicted octanol–water partition coefficient (Wildman–Crippen LogP) is -0.459. The van der Waals surface area contributed by atoms with Crippen LogP contribution in [0.3, 0.4) is 0 Å². The molecule has 0 radical (unpaired) electrons. The molecule has 0 saturated heterocycles. The van der Waals surface area contributed by atoms with Crippen LogP contribution in [0, 0.1) is 0 Å². The summed E-state index contributed by atoms with van der Waals surface area (Å²) in [6, 6.07) is 0. The fraction of sp³-hybridized carbons (Fsp3) is 0. The van der Waals surface area contributed by atoms with Crippen LogP contribution in [0.2, 0.25) is 0 Å². The number of hydrogen-bond donors (Lipinski definition) is 3. The van der Waals surface area contributed by atoms with E-state index in [1.54, 1.807) is 0 Å². The first-order valence-electron chi connectivity index (χ1n) is 2.14. The largest absolute Gasteiger partial charge is 4.00 e. The Labute approximate surface area is 343 Å². The van der Waals surface area contributed by atoms with E-state index in [2.05, 4.69) is 51.3 Å². The molecule has 0 fully saturated rings. The molecule has 0 aromatic rings. The van der Waals surface area contributed by atoms with Crippen LogP contribution in [0.4, 0.5) is 0 Å². The molecule has 0 aliphatic carbocycles. The summed E-state index contributed by atoms with van der Waals surface area (Å²) in [5.41, 5.74) is 0. The zero-order valence-electron chi connectivity index (χ0n) is 12.9. The van der Waals surface area contributed by atoms with Crippen LogP contribution >= 0.6 is 93.9 Å². The summed E-state index contributed by atoms with van der Waals surface area (Å²) in [4.78, 5) is 0. The molecular weight excluding hydrogens is 978 g/mol. The summed E-state index contributed by atoms with van der Waals surface area (Å²) in [6.07, 6.45) is 0. The molecule has 8 nitrogen and oxygen atoms in total. The Kier molecular flexibility index (Phi) is 472. The molecule has 0 aromatic carbocycles. The molecular formula is H3Al8BrCl7O8SZr3+31. The van der Waals surface area contributed by atoms with Gasteiger partial charge >= 0.3 is 212 Å². The Bertz CT molecular complexity index is 185. The Morgan fingerprint density at radius 2 is 0.679 bits per heavy atom. The van der Waals surface area contributed by atoms with Gasteiger partial charge in [-0.3, -0.25) is 17.7 Å². The molecule has 0 unspecified atom stereocenters. The molecule has 118 valence electrons. The minimum Gasteiger partial charge on any atom is -0.759 e. The van der Waals surface area contributed by atoms with E-state index in [-0.39, 0.29) is 200 Å². The van der Waals surface area contributed by atoms with Crippen LogP contribution in [0.1, 0.15) is 0 Å². The van der Waals surface area contributed by atoms with Gasteiger partial charge in [-0.25, -0.2) is 30.1 Å². The fourth-order valence-corrected chi connectivity index (χ4v) is 0. The third-order valence-corrected chi connectivity index (χ3v) is 0. The van der Waals surface area contributed by atoms with E-state index in [0.717, 1.165) is 0 Å². The van der Waals surface area contributed by atoms with Crippen LogP contribution in [-0.4, -0.2) is 164 Å². The van der Waals surface area contributed by atoms with E-state index < -0.39 is 21.8 Å². The second kappa shape index (κ2) is 122. The molecule has 0 atom stereocenters. The predicted molar refractivity (Wildman–Crippen MR) is 114 cm³/mol. The average molecular weight is 981 g/mol. The summed E-state index contributed by atoms with van der Waals surface area (Å²) in [5.74, 6) is 0. The Morgan fingerprint density at radius 1 is 0.679 bits per heavy atom. The minimum absolute atomic E-state index is 0.